The highest BCUT2D eigenvalue weighted by atomic mass is 16.5. The van der Waals surface area contributed by atoms with Gasteiger partial charge >= 0.3 is 11.7 Å². The number of imidazole rings is 1. The van der Waals surface area contributed by atoms with Gasteiger partial charge in [-0.25, -0.2) is 0 Å². The number of ether oxygens (including phenoxy) is 1. The van der Waals surface area contributed by atoms with Crippen LogP contribution in [-0.2, 0) is 16.7 Å². The van der Waals surface area contributed by atoms with E-state index in [1.165, 1.54) is 11.1 Å². The first-order valence-corrected chi connectivity index (χ1v) is 23.0. The van der Waals surface area contributed by atoms with Crippen molar-refractivity contribution in [2.45, 2.75) is 112 Å². The summed E-state index contributed by atoms with van der Waals surface area (Å²) < 4.78 is 58.9. The van der Waals surface area contributed by atoms with E-state index in [2.05, 4.69) is 188 Å². The Bertz CT molecular complexity index is 3510. The summed E-state index contributed by atoms with van der Waals surface area (Å²) in [4.78, 5) is 0. The first-order valence-electron chi connectivity index (χ1n) is 25.5. The van der Waals surface area contributed by atoms with Crippen LogP contribution < -0.4 is 13.9 Å². The molecule has 0 radical (unpaired) electrons. The molecule has 0 amide bonds. The molecule has 0 saturated heterocycles. The lowest BCUT2D eigenvalue weighted by molar-refractivity contribution is -0.997. The molecule has 0 saturated carbocycles. The van der Waals surface area contributed by atoms with Crippen molar-refractivity contribution in [2.75, 3.05) is 0 Å². The standard InChI is InChI=1S/C60H61N3O/c1-36(2)41-30-45(37(3)4)55-49(31-41)56-62(50-27-26-42(59(11,12)58(8,9)10)33-46(50)39-22-17-14-18-23-39)51-25-19-24-44-47-34-43(57(5,6)7)35-48-52-32-40(38-20-15-13-16-21-38)28-29-61(52)60(64-55,53(47)48)63(56)54(44)51/h13-37H,1-12H3/q+2/i13D,15D,16D,20D,21D. The number of hydrogen-bond donors (Lipinski definition) is 0. The van der Waals surface area contributed by atoms with E-state index in [9.17, 15) is 0 Å². The lowest BCUT2D eigenvalue weighted by Gasteiger charge is -2.39. The third-order valence-corrected chi connectivity index (χ3v) is 15.0. The molecule has 320 valence electrons. The van der Waals surface area contributed by atoms with Gasteiger partial charge in [0, 0.05) is 28.8 Å². The summed E-state index contributed by atoms with van der Waals surface area (Å²) in [5, 5.41) is 0. The molecule has 5 heterocycles. The molecule has 8 aromatic rings. The van der Waals surface area contributed by atoms with Gasteiger partial charge in [0.15, 0.2) is 23.0 Å². The Hall–Kier alpha value is -6.26. The summed E-state index contributed by atoms with van der Waals surface area (Å²) >= 11 is 0. The molecular formula is C60H61N3O+2. The van der Waals surface area contributed by atoms with E-state index < -0.39 is 11.9 Å². The van der Waals surface area contributed by atoms with Crippen molar-refractivity contribution in [1.82, 2.24) is 4.57 Å². The van der Waals surface area contributed by atoms with Gasteiger partial charge < -0.3 is 4.74 Å². The van der Waals surface area contributed by atoms with Crippen LogP contribution in [0.15, 0.2) is 140 Å². The summed E-state index contributed by atoms with van der Waals surface area (Å²) in [6.45, 7) is 27.4. The van der Waals surface area contributed by atoms with Crippen molar-refractivity contribution in [3.63, 3.8) is 0 Å². The van der Waals surface area contributed by atoms with Gasteiger partial charge in [-0.2, -0.15) is 4.57 Å². The van der Waals surface area contributed by atoms with Crippen LogP contribution in [0.4, 0.5) is 0 Å². The Kier molecular flexibility index (Phi) is 7.48. The van der Waals surface area contributed by atoms with Gasteiger partial charge in [-0.3, -0.25) is 0 Å². The highest BCUT2D eigenvalue weighted by Crippen LogP contribution is 2.56. The van der Waals surface area contributed by atoms with Gasteiger partial charge in [-0.05, 0) is 109 Å². The van der Waals surface area contributed by atoms with E-state index >= 15 is 0 Å². The molecule has 64 heavy (non-hydrogen) atoms. The third-order valence-electron chi connectivity index (χ3n) is 15.0. The second-order valence-corrected chi connectivity index (χ2v) is 21.5. The number of benzene rings is 6. The number of rotatable bonds is 6. The van der Waals surface area contributed by atoms with E-state index in [0.29, 0.717) is 5.56 Å². The molecule has 2 aromatic heterocycles. The quantitative estimate of drug-likeness (QED) is 0.153. The Morgan fingerprint density at radius 1 is 0.625 bits per heavy atom. The van der Waals surface area contributed by atoms with Crippen LogP contribution in [0.5, 0.6) is 5.75 Å². The highest BCUT2D eigenvalue weighted by molar-refractivity contribution is 5.98. The number of para-hydroxylation sites is 1. The van der Waals surface area contributed by atoms with Crippen molar-refractivity contribution in [2.24, 2.45) is 5.41 Å². The zero-order chi connectivity index (χ0) is 49.2. The maximum atomic E-state index is 9.05. The molecular weight excluding hydrogens is 779 g/mol. The molecule has 1 unspecified atom stereocenters. The van der Waals surface area contributed by atoms with Gasteiger partial charge in [-0.15, -0.1) is 9.13 Å². The van der Waals surface area contributed by atoms with Crippen LogP contribution in [0.2, 0.25) is 0 Å². The smallest absolute Gasteiger partial charge is 0.392 e. The van der Waals surface area contributed by atoms with Gasteiger partial charge in [0.25, 0.3) is 0 Å². The zero-order valence-corrected chi connectivity index (χ0v) is 39.3. The van der Waals surface area contributed by atoms with Gasteiger partial charge in [0.1, 0.15) is 16.8 Å². The minimum atomic E-state index is -1.26. The first-order chi connectivity index (χ1) is 32.5. The van der Waals surface area contributed by atoms with E-state index in [1.807, 2.05) is 18.3 Å². The van der Waals surface area contributed by atoms with Gasteiger partial charge in [0.2, 0.25) is 5.69 Å². The summed E-state index contributed by atoms with van der Waals surface area (Å²) in [6.07, 6.45) is 2.02. The largest absolute Gasteiger partial charge is 0.499 e. The first kappa shape index (κ1) is 35.1. The lowest BCUT2D eigenvalue weighted by atomic mass is 9.65. The van der Waals surface area contributed by atoms with Crippen molar-refractivity contribution in [3.05, 3.63) is 167 Å². The molecule has 0 N–H and O–H groups in total. The minimum absolute atomic E-state index is 0.0146. The van der Waals surface area contributed by atoms with Crippen molar-refractivity contribution in [1.29, 1.82) is 0 Å². The summed E-state index contributed by atoms with van der Waals surface area (Å²) in [5.74, 6) is 0.951. The fourth-order valence-corrected chi connectivity index (χ4v) is 10.4. The lowest BCUT2D eigenvalue weighted by Crippen LogP contribution is -2.78. The van der Waals surface area contributed by atoms with Crippen LogP contribution in [0.1, 0.15) is 130 Å². The van der Waals surface area contributed by atoms with Crippen LogP contribution in [0, 0.1) is 5.41 Å². The fourth-order valence-electron chi connectivity index (χ4n) is 10.4. The Morgan fingerprint density at radius 2 is 1.34 bits per heavy atom. The third kappa shape index (κ3) is 5.53. The average Bonchev–Trinajstić information content (AvgIpc) is 3.80. The van der Waals surface area contributed by atoms with Gasteiger partial charge in [0.05, 0.1) is 12.4 Å². The van der Waals surface area contributed by atoms with Crippen LogP contribution in [0.3, 0.4) is 0 Å². The summed E-state index contributed by atoms with van der Waals surface area (Å²) in [6, 6.07) is 36.3. The number of fused-ring (bicyclic) bond motifs is 5. The van der Waals surface area contributed by atoms with Crippen LogP contribution >= 0.6 is 0 Å². The Labute approximate surface area is 386 Å². The predicted octanol–water partition coefficient (Wildman–Crippen LogP) is 14.6. The van der Waals surface area contributed by atoms with E-state index in [-0.39, 0.29) is 57.8 Å². The second kappa shape index (κ2) is 13.6. The zero-order valence-electron chi connectivity index (χ0n) is 44.3. The Balaban J connectivity index is 1.34. The number of nitrogens with zero attached hydrogens (tertiary/aromatic N) is 3. The fraction of sp³-hybridized carbons (Fsp3) is 0.300. The SMILES string of the molecule is [2H]c1c([2H])c([2H])c(-c2cc[n+]3c(c2)-c2cc(C(C)(C)C)cc4c2C32Oc3c(cc(C(C)C)cc3C(C)C)-c3n(-c5ccc(C(C)(C)C(C)(C)C)cc5-c5ccccc5)c5cccc-4c5[n+]32)c([2H])c1[2H]. The normalized spacial score (nSPS) is 17.1. The molecule has 0 fully saturated rings. The molecule has 3 aliphatic heterocycles. The topological polar surface area (TPSA) is 21.9 Å². The number of aromatic nitrogens is 3. The van der Waals surface area contributed by atoms with Crippen molar-refractivity contribution in [3.8, 4) is 67.5 Å². The summed E-state index contributed by atoms with van der Waals surface area (Å²) in [7, 11) is 0. The van der Waals surface area contributed by atoms with E-state index in [0.717, 1.165) is 84.1 Å². The molecule has 6 aromatic carbocycles. The molecule has 1 atom stereocenters. The molecule has 11 rings (SSSR count). The maximum absolute atomic E-state index is 9.05. The van der Waals surface area contributed by atoms with E-state index in [4.69, 9.17) is 11.6 Å². The van der Waals surface area contributed by atoms with Crippen LogP contribution in [0.25, 0.3) is 72.7 Å². The molecule has 4 heteroatoms. The maximum Gasteiger partial charge on any atom is 0.499 e. The number of pyridine rings is 1. The molecule has 4 nitrogen and oxygen atoms in total. The Morgan fingerprint density at radius 3 is 2.03 bits per heavy atom. The predicted molar refractivity (Wildman–Crippen MR) is 263 cm³/mol. The van der Waals surface area contributed by atoms with Crippen molar-refractivity contribution < 1.29 is 20.7 Å². The van der Waals surface area contributed by atoms with E-state index in [1.54, 1.807) is 0 Å². The molecule has 3 aliphatic rings. The van der Waals surface area contributed by atoms with Crippen LogP contribution in [-0.4, -0.2) is 4.57 Å². The minimum Gasteiger partial charge on any atom is -0.392 e. The monoisotopic (exact) mass is 845 g/mol. The molecule has 0 bridgehead atoms. The van der Waals surface area contributed by atoms with Crippen molar-refractivity contribution >= 4 is 11.0 Å². The van der Waals surface area contributed by atoms with Gasteiger partial charge in [-0.1, -0.05) is 162 Å². The summed E-state index contributed by atoms with van der Waals surface area (Å²) in [5.41, 5.74) is 16.6. The molecule has 0 aliphatic carbocycles. The molecule has 1 spiro atoms. The second-order valence-electron chi connectivity index (χ2n) is 21.5. The highest BCUT2D eigenvalue weighted by Gasteiger charge is 2.69. The average molecular weight is 845 g/mol. The number of hydrogen-bond acceptors (Lipinski definition) is 1.